The number of nitrogens with zero attached hydrogens (tertiary/aromatic N) is 3. The normalized spacial score (nSPS) is 14.1. The van der Waals surface area contributed by atoms with Crippen LogP contribution in [0.1, 0.15) is 31.2 Å². The molecule has 0 saturated heterocycles. The summed E-state index contributed by atoms with van der Waals surface area (Å²) >= 11 is 1.34. The molecule has 0 saturated carbocycles. The Morgan fingerprint density at radius 2 is 2.17 bits per heavy atom. The highest BCUT2D eigenvalue weighted by Crippen LogP contribution is 2.31. The molecule has 1 aromatic carbocycles. The molecule has 0 aliphatic carbocycles. The van der Waals surface area contributed by atoms with Gasteiger partial charge in [-0.2, -0.15) is 0 Å². The number of rotatable bonds is 4. The fourth-order valence-electron chi connectivity index (χ4n) is 2.31. The molecule has 0 spiro atoms. The van der Waals surface area contributed by atoms with Crippen molar-refractivity contribution in [2.45, 2.75) is 26.2 Å². The van der Waals surface area contributed by atoms with Crippen molar-refractivity contribution in [2.75, 3.05) is 23.4 Å². The van der Waals surface area contributed by atoms with Crippen LogP contribution in [0.4, 0.5) is 10.8 Å². The van der Waals surface area contributed by atoms with Crippen LogP contribution in [-0.4, -0.2) is 35.2 Å². The molecule has 1 aliphatic rings. The van der Waals surface area contributed by atoms with E-state index in [1.54, 1.807) is 12.1 Å². The van der Waals surface area contributed by atoms with Gasteiger partial charge < -0.3 is 4.74 Å². The van der Waals surface area contributed by atoms with Crippen molar-refractivity contribution in [3.8, 4) is 5.75 Å². The van der Waals surface area contributed by atoms with E-state index in [2.05, 4.69) is 15.5 Å². The lowest BCUT2D eigenvalue weighted by Crippen LogP contribution is -2.37. The molecule has 0 fully saturated rings. The number of carbonyl (C=O) groups excluding carboxylic acids is 2. The van der Waals surface area contributed by atoms with Gasteiger partial charge in [-0.05, 0) is 12.1 Å². The van der Waals surface area contributed by atoms with Crippen LogP contribution < -0.4 is 15.0 Å². The highest BCUT2D eigenvalue weighted by molar-refractivity contribution is 7.15. The van der Waals surface area contributed by atoms with Crippen LogP contribution in [0.25, 0.3) is 0 Å². The van der Waals surface area contributed by atoms with E-state index in [0.717, 1.165) is 5.01 Å². The van der Waals surface area contributed by atoms with E-state index < -0.39 is 0 Å². The largest absolute Gasteiger partial charge is 0.491 e. The number of aromatic nitrogens is 2. The number of amides is 2. The molecule has 2 amide bonds. The molecule has 0 atom stereocenters. The second-order valence-electron chi connectivity index (χ2n) is 5.69. The summed E-state index contributed by atoms with van der Waals surface area (Å²) in [6, 6.07) is 7.21. The third-order valence-electron chi connectivity index (χ3n) is 3.51. The van der Waals surface area contributed by atoms with Crippen molar-refractivity contribution in [1.29, 1.82) is 0 Å². The number of benzene rings is 1. The number of nitrogens with one attached hydrogen (secondary N) is 1. The second kappa shape index (κ2) is 6.96. The van der Waals surface area contributed by atoms with Crippen molar-refractivity contribution in [2.24, 2.45) is 0 Å². The molecule has 3 rings (SSSR count). The van der Waals surface area contributed by atoms with Gasteiger partial charge >= 0.3 is 0 Å². The van der Waals surface area contributed by atoms with Crippen molar-refractivity contribution in [1.82, 2.24) is 10.2 Å². The minimum Gasteiger partial charge on any atom is -0.491 e. The zero-order valence-corrected chi connectivity index (χ0v) is 14.3. The zero-order valence-electron chi connectivity index (χ0n) is 13.5. The summed E-state index contributed by atoms with van der Waals surface area (Å²) in [7, 11) is 0. The maximum atomic E-state index is 12.3. The molecule has 2 aromatic rings. The monoisotopic (exact) mass is 346 g/mol. The summed E-state index contributed by atoms with van der Waals surface area (Å²) in [6.45, 7) is 4.25. The van der Waals surface area contributed by atoms with E-state index in [1.807, 2.05) is 26.0 Å². The molecule has 24 heavy (non-hydrogen) atoms. The SMILES string of the molecule is CC(C)c1nnc(NC(=O)CN2C(=O)CCOc3ccccc32)s1. The Balaban J connectivity index is 1.73. The van der Waals surface area contributed by atoms with Gasteiger partial charge in [-0.1, -0.05) is 37.3 Å². The summed E-state index contributed by atoms with van der Waals surface area (Å²) in [5.41, 5.74) is 0.607. The quantitative estimate of drug-likeness (QED) is 0.919. The summed E-state index contributed by atoms with van der Waals surface area (Å²) in [5, 5.41) is 12.0. The molecular weight excluding hydrogens is 328 g/mol. The number of ether oxygens (including phenoxy) is 1. The molecule has 0 unspecified atom stereocenters. The van der Waals surface area contributed by atoms with Gasteiger partial charge in [0.1, 0.15) is 17.3 Å². The molecule has 1 aliphatic heterocycles. The van der Waals surface area contributed by atoms with E-state index in [9.17, 15) is 9.59 Å². The van der Waals surface area contributed by atoms with Crippen LogP contribution in [0, 0.1) is 0 Å². The first-order valence-electron chi connectivity index (χ1n) is 7.70. The fourth-order valence-corrected chi connectivity index (χ4v) is 3.08. The van der Waals surface area contributed by atoms with Gasteiger partial charge in [0, 0.05) is 5.92 Å². The van der Waals surface area contributed by atoms with Gasteiger partial charge in [-0.15, -0.1) is 10.2 Å². The molecular formula is C16H18N4O3S. The minimum absolute atomic E-state index is 0.0875. The van der Waals surface area contributed by atoms with Gasteiger partial charge in [-0.25, -0.2) is 0 Å². The molecule has 8 heteroatoms. The zero-order chi connectivity index (χ0) is 17.1. The average molecular weight is 346 g/mol. The summed E-state index contributed by atoms with van der Waals surface area (Å²) in [5.74, 6) is 0.403. The Hall–Kier alpha value is -2.48. The summed E-state index contributed by atoms with van der Waals surface area (Å²) in [6.07, 6.45) is 0.234. The first-order chi connectivity index (χ1) is 11.5. The van der Waals surface area contributed by atoms with E-state index >= 15 is 0 Å². The van der Waals surface area contributed by atoms with Crippen LogP contribution in [0.3, 0.4) is 0 Å². The Labute approximate surface area is 143 Å². The van der Waals surface area contributed by atoms with Gasteiger partial charge in [-0.3, -0.25) is 19.8 Å². The van der Waals surface area contributed by atoms with E-state index in [0.29, 0.717) is 23.2 Å². The lowest BCUT2D eigenvalue weighted by atomic mass is 10.2. The fraction of sp³-hybridized carbons (Fsp3) is 0.375. The average Bonchev–Trinajstić information content (AvgIpc) is 2.96. The Kier molecular flexibility index (Phi) is 4.75. The summed E-state index contributed by atoms with van der Waals surface area (Å²) < 4.78 is 5.56. The third-order valence-corrected chi connectivity index (χ3v) is 4.65. The molecule has 1 N–H and O–H groups in total. The number of para-hydroxylation sites is 2. The van der Waals surface area contributed by atoms with Crippen LogP contribution in [0.5, 0.6) is 5.75 Å². The second-order valence-corrected chi connectivity index (χ2v) is 6.70. The predicted molar refractivity (Wildman–Crippen MR) is 91.5 cm³/mol. The molecule has 126 valence electrons. The van der Waals surface area contributed by atoms with Gasteiger partial charge in [0.2, 0.25) is 16.9 Å². The van der Waals surface area contributed by atoms with Crippen LogP contribution in [0.15, 0.2) is 24.3 Å². The van der Waals surface area contributed by atoms with Crippen molar-refractivity contribution < 1.29 is 14.3 Å². The number of anilines is 2. The number of hydrogen-bond donors (Lipinski definition) is 1. The van der Waals surface area contributed by atoms with Crippen molar-refractivity contribution in [3.63, 3.8) is 0 Å². The van der Waals surface area contributed by atoms with E-state index in [-0.39, 0.29) is 30.7 Å². The van der Waals surface area contributed by atoms with E-state index in [4.69, 9.17) is 4.74 Å². The topological polar surface area (TPSA) is 84.4 Å². The third kappa shape index (κ3) is 3.53. The van der Waals surface area contributed by atoms with Crippen LogP contribution in [0.2, 0.25) is 0 Å². The molecule has 0 bridgehead atoms. The maximum Gasteiger partial charge on any atom is 0.246 e. The smallest absolute Gasteiger partial charge is 0.246 e. The van der Waals surface area contributed by atoms with Crippen molar-refractivity contribution in [3.05, 3.63) is 29.3 Å². The highest BCUT2D eigenvalue weighted by atomic mass is 32.1. The number of hydrogen-bond acceptors (Lipinski definition) is 6. The predicted octanol–water partition coefficient (Wildman–Crippen LogP) is 2.42. The van der Waals surface area contributed by atoms with Crippen LogP contribution in [-0.2, 0) is 9.59 Å². The first-order valence-corrected chi connectivity index (χ1v) is 8.51. The van der Waals surface area contributed by atoms with Gasteiger partial charge in [0.15, 0.2) is 0 Å². The van der Waals surface area contributed by atoms with Gasteiger partial charge in [0.05, 0.1) is 18.7 Å². The lowest BCUT2D eigenvalue weighted by Gasteiger charge is -2.20. The van der Waals surface area contributed by atoms with E-state index in [1.165, 1.54) is 16.2 Å². The highest BCUT2D eigenvalue weighted by Gasteiger charge is 2.25. The van der Waals surface area contributed by atoms with Gasteiger partial charge in [0.25, 0.3) is 0 Å². The first kappa shape index (κ1) is 16.4. The molecule has 1 aromatic heterocycles. The lowest BCUT2D eigenvalue weighted by molar-refractivity contribution is -0.121. The molecule has 0 radical (unpaired) electrons. The maximum absolute atomic E-state index is 12.3. The van der Waals surface area contributed by atoms with Crippen LogP contribution >= 0.6 is 11.3 Å². The number of fused-ring (bicyclic) bond motifs is 1. The number of carbonyl (C=O) groups is 2. The minimum atomic E-state index is -0.313. The Morgan fingerprint density at radius 1 is 1.38 bits per heavy atom. The van der Waals surface area contributed by atoms with Crippen molar-refractivity contribution >= 4 is 34.0 Å². The Morgan fingerprint density at radius 3 is 2.92 bits per heavy atom. The Bertz CT molecular complexity index is 759. The summed E-state index contributed by atoms with van der Waals surface area (Å²) in [4.78, 5) is 26.1. The standard InChI is InChI=1S/C16H18N4O3S/c1-10(2)15-18-19-16(24-15)17-13(21)9-20-11-5-3-4-6-12(11)23-8-7-14(20)22/h3-6,10H,7-9H2,1-2H3,(H,17,19,21). The molecule has 7 nitrogen and oxygen atoms in total. The molecule has 2 heterocycles.